The molecule has 0 saturated carbocycles. The molecular formula is C9H14ClPd. The standard InChI is InChI=1S/C8H11.CH3.ClH.Pd/c1-2-4-6-8-7-5-3-1;;;/h1-2,7H,3-6H2;1H3;1H;/q;;;+1/p-1. The molecule has 67 valence electrons. The van der Waals surface area contributed by atoms with E-state index in [9.17, 15) is 0 Å². The van der Waals surface area contributed by atoms with E-state index >= 15 is 0 Å². The number of hydrogen-bond acceptors (Lipinski definition) is 0. The van der Waals surface area contributed by atoms with Crippen LogP contribution in [0.1, 0.15) is 25.7 Å². The average Bonchev–Trinajstić information content (AvgIpc) is 1.84. The Balaban J connectivity index is 2.50. The topological polar surface area (TPSA) is 0 Å². The van der Waals surface area contributed by atoms with Gasteiger partial charge in [0.1, 0.15) is 0 Å². The van der Waals surface area contributed by atoms with Crippen molar-refractivity contribution in [3.8, 4) is 0 Å². The molecule has 0 fully saturated rings. The SMILES string of the molecule is [CH3][Pd]([Cl])[C]1=CCCC=CCC1. The van der Waals surface area contributed by atoms with E-state index in [2.05, 4.69) is 23.6 Å². The molecule has 0 heterocycles. The quantitative estimate of drug-likeness (QED) is 0.499. The van der Waals surface area contributed by atoms with Crippen LogP contribution in [-0.4, -0.2) is 0 Å². The van der Waals surface area contributed by atoms with E-state index in [0.29, 0.717) is 0 Å². The van der Waals surface area contributed by atoms with Crippen molar-refractivity contribution in [2.75, 3.05) is 0 Å². The van der Waals surface area contributed by atoms with Crippen molar-refractivity contribution in [1.29, 1.82) is 0 Å². The molecule has 0 spiro atoms. The van der Waals surface area contributed by atoms with Crippen LogP contribution < -0.4 is 0 Å². The molecule has 1 aliphatic rings. The van der Waals surface area contributed by atoms with Crippen LogP contribution in [0.15, 0.2) is 22.3 Å². The maximum absolute atomic E-state index is 6.11. The average molecular weight is 264 g/mol. The Morgan fingerprint density at radius 2 is 2.00 bits per heavy atom. The fourth-order valence-electron chi connectivity index (χ4n) is 1.08. The van der Waals surface area contributed by atoms with E-state index in [1.54, 1.807) is 0 Å². The van der Waals surface area contributed by atoms with Gasteiger partial charge in [0.05, 0.1) is 0 Å². The summed E-state index contributed by atoms with van der Waals surface area (Å²) in [7, 11) is 6.11. The van der Waals surface area contributed by atoms with Crippen molar-refractivity contribution in [1.82, 2.24) is 0 Å². The van der Waals surface area contributed by atoms with Crippen LogP contribution in [-0.2, 0) is 15.7 Å². The van der Waals surface area contributed by atoms with E-state index in [1.165, 1.54) is 29.7 Å². The fourth-order valence-corrected chi connectivity index (χ4v) is 3.14. The van der Waals surface area contributed by atoms with Crippen LogP contribution in [0.4, 0.5) is 0 Å². The summed E-state index contributed by atoms with van der Waals surface area (Å²) in [6.07, 6.45) is 11.6. The van der Waals surface area contributed by atoms with Crippen LogP contribution in [0.25, 0.3) is 0 Å². The second-order valence-corrected chi connectivity index (χ2v) is 7.31. The van der Waals surface area contributed by atoms with E-state index in [1.807, 2.05) is 0 Å². The Morgan fingerprint density at radius 3 is 2.73 bits per heavy atom. The first-order valence-corrected chi connectivity index (χ1v) is 8.13. The third kappa shape index (κ3) is 3.56. The van der Waals surface area contributed by atoms with Gasteiger partial charge in [0, 0.05) is 0 Å². The van der Waals surface area contributed by atoms with Crippen molar-refractivity contribution in [2.45, 2.75) is 31.1 Å². The first kappa shape index (κ1) is 9.52. The molecule has 1 aliphatic carbocycles. The Hall–Kier alpha value is 0.432. The van der Waals surface area contributed by atoms with Gasteiger partial charge in [-0.1, -0.05) is 0 Å². The van der Waals surface area contributed by atoms with E-state index < -0.39 is 15.7 Å². The Morgan fingerprint density at radius 1 is 1.27 bits per heavy atom. The zero-order chi connectivity index (χ0) is 8.10. The van der Waals surface area contributed by atoms with E-state index in [-0.39, 0.29) is 0 Å². The zero-order valence-corrected chi connectivity index (χ0v) is 9.07. The van der Waals surface area contributed by atoms with Crippen molar-refractivity contribution in [3.05, 3.63) is 22.3 Å². The first-order chi connectivity index (χ1) is 5.30. The summed E-state index contributed by atoms with van der Waals surface area (Å²) in [6, 6.07) is 0. The van der Waals surface area contributed by atoms with Crippen molar-refractivity contribution in [3.63, 3.8) is 0 Å². The van der Waals surface area contributed by atoms with Gasteiger partial charge in [-0.25, -0.2) is 0 Å². The second kappa shape index (κ2) is 5.14. The number of allylic oxidation sites excluding steroid dienone is 4. The van der Waals surface area contributed by atoms with Gasteiger partial charge in [-0.3, -0.25) is 0 Å². The van der Waals surface area contributed by atoms with Crippen LogP contribution in [0, 0.1) is 0 Å². The molecule has 11 heavy (non-hydrogen) atoms. The number of halogens is 1. The Labute approximate surface area is 78.6 Å². The van der Waals surface area contributed by atoms with Crippen molar-refractivity contribution < 1.29 is 15.7 Å². The minimum atomic E-state index is -0.805. The number of rotatable bonds is 1. The van der Waals surface area contributed by atoms with Crippen LogP contribution >= 0.6 is 9.53 Å². The molecule has 0 N–H and O–H groups in total. The van der Waals surface area contributed by atoms with Gasteiger partial charge in [-0.2, -0.15) is 0 Å². The van der Waals surface area contributed by atoms with E-state index in [4.69, 9.17) is 9.53 Å². The summed E-state index contributed by atoms with van der Waals surface area (Å²) in [4.78, 5) is 0. The molecule has 0 aromatic heterocycles. The van der Waals surface area contributed by atoms with Crippen LogP contribution in [0.5, 0.6) is 0 Å². The van der Waals surface area contributed by atoms with Gasteiger partial charge < -0.3 is 0 Å². The van der Waals surface area contributed by atoms with Gasteiger partial charge in [-0.15, -0.1) is 0 Å². The molecule has 0 saturated heterocycles. The maximum atomic E-state index is 6.11. The molecule has 0 amide bonds. The molecule has 0 unspecified atom stereocenters. The summed E-state index contributed by atoms with van der Waals surface area (Å²) < 4.78 is 1.53. The van der Waals surface area contributed by atoms with Gasteiger partial charge in [0.25, 0.3) is 0 Å². The van der Waals surface area contributed by atoms with Gasteiger partial charge in [-0.05, 0) is 0 Å². The summed E-state index contributed by atoms with van der Waals surface area (Å²) in [5, 5.41) is 2.17. The molecule has 0 nitrogen and oxygen atoms in total. The normalized spacial score (nSPS) is 20.2. The van der Waals surface area contributed by atoms with Gasteiger partial charge >= 0.3 is 78.6 Å². The predicted octanol–water partition coefficient (Wildman–Crippen LogP) is 3.82. The molecule has 1 rings (SSSR count). The van der Waals surface area contributed by atoms with Gasteiger partial charge in [0.2, 0.25) is 0 Å². The summed E-state index contributed by atoms with van der Waals surface area (Å²) in [6.45, 7) is 0. The molecule has 0 atom stereocenters. The van der Waals surface area contributed by atoms with Gasteiger partial charge in [0.15, 0.2) is 0 Å². The summed E-state index contributed by atoms with van der Waals surface area (Å²) in [5.74, 6) is 0. The fraction of sp³-hybridized carbons (Fsp3) is 0.556. The molecule has 2 heteroatoms. The molecule has 0 aliphatic heterocycles. The Kier molecular flexibility index (Phi) is 4.45. The second-order valence-electron chi connectivity index (χ2n) is 2.54. The third-order valence-corrected chi connectivity index (χ3v) is 4.66. The molecule has 0 aromatic rings. The molecule has 0 bridgehead atoms. The predicted molar refractivity (Wildman–Crippen MR) is 47.4 cm³/mol. The van der Waals surface area contributed by atoms with Crippen molar-refractivity contribution >= 4 is 9.53 Å². The van der Waals surface area contributed by atoms with Crippen LogP contribution in [0.3, 0.4) is 0 Å². The monoisotopic (exact) mass is 263 g/mol. The van der Waals surface area contributed by atoms with E-state index in [0.717, 1.165) is 0 Å². The summed E-state index contributed by atoms with van der Waals surface area (Å²) >= 11 is -0.805. The first-order valence-electron chi connectivity index (χ1n) is 3.79. The number of hydrogen-bond donors (Lipinski definition) is 0. The minimum absolute atomic E-state index is 0.805. The molecular weight excluding hydrogens is 250 g/mol. The molecule has 0 aromatic carbocycles. The Bertz CT molecular complexity index is 170. The van der Waals surface area contributed by atoms with Crippen molar-refractivity contribution in [2.24, 2.45) is 0 Å². The zero-order valence-electron chi connectivity index (χ0n) is 6.75. The third-order valence-electron chi connectivity index (χ3n) is 1.67. The van der Waals surface area contributed by atoms with Crippen LogP contribution in [0.2, 0.25) is 5.40 Å². The summed E-state index contributed by atoms with van der Waals surface area (Å²) in [5.41, 5.74) is 0. The molecule has 0 radical (unpaired) electrons.